The van der Waals surface area contributed by atoms with E-state index >= 15 is 0 Å². The lowest BCUT2D eigenvalue weighted by Gasteiger charge is -2.15. The Labute approximate surface area is 111 Å². The molecule has 0 fully saturated rings. The Balaban J connectivity index is 2.18. The Morgan fingerprint density at radius 1 is 1.53 bits per heavy atom. The fourth-order valence-corrected chi connectivity index (χ4v) is 1.85. The molecule has 2 aromatic rings. The summed E-state index contributed by atoms with van der Waals surface area (Å²) in [5, 5.41) is 2.93. The van der Waals surface area contributed by atoms with Gasteiger partial charge in [0.25, 0.3) is 5.91 Å². The highest BCUT2D eigenvalue weighted by Gasteiger charge is 2.17. The lowest BCUT2D eigenvalue weighted by molar-refractivity contribution is 0.0933. The number of aromatic nitrogens is 3. The summed E-state index contributed by atoms with van der Waals surface area (Å²) in [5.41, 5.74) is 7.28. The van der Waals surface area contributed by atoms with Crippen molar-refractivity contribution in [1.29, 1.82) is 0 Å². The van der Waals surface area contributed by atoms with Crippen LogP contribution in [0.5, 0.6) is 0 Å². The third-order valence-electron chi connectivity index (χ3n) is 2.92. The summed E-state index contributed by atoms with van der Waals surface area (Å²) in [6.07, 6.45) is 5.68. The highest BCUT2D eigenvalue weighted by molar-refractivity contribution is 5.96. The number of rotatable bonds is 4. The molecule has 2 heterocycles. The van der Waals surface area contributed by atoms with Gasteiger partial charge in [0.2, 0.25) is 0 Å². The number of hydrogen-bond donors (Lipinski definition) is 3. The SMILES string of the molecule is CCC(NC(=O)c1cc(N)cnc1C)c1ncc[nH]1. The first-order valence-corrected chi connectivity index (χ1v) is 6.14. The van der Waals surface area contributed by atoms with Crippen molar-refractivity contribution in [3.8, 4) is 0 Å². The molecule has 1 atom stereocenters. The van der Waals surface area contributed by atoms with Crippen molar-refractivity contribution in [3.05, 3.63) is 41.7 Å². The van der Waals surface area contributed by atoms with E-state index in [0.717, 1.165) is 12.2 Å². The van der Waals surface area contributed by atoms with Gasteiger partial charge >= 0.3 is 0 Å². The van der Waals surface area contributed by atoms with Crippen LogP contribution in [0.3, 0.4) is 0 Å². The minimum Gasteiger partial charge on any atom is -0.397 e. The number of carbonyl (C=O) groups is 1. The molecular weight excluding hydrogens is 242 g/mol. The highest BCUT2D eigenvalue weighted by Crippen LogP contribution is 2.15. The van der Waals surface area contributed by atoms with Crippen LogP contribution in [-0.4, -0.2) is 20.9 Å². The number of aryl methyl sites for hydroxylation is 1. The first-order valence-electron chi connectivity index (χ1n) is 6.14. The Hall–Kier alpha value is -2.37. The molecule has 0 aromatic carbocycles. The number of nitrogens with two attached hydrogens (primary N) is 1. The maximum absolute atomic E-state index is 12.2. The summed E-state index contributed by atoms with van der Waals surface area (Å²) in [7, 11) is 0. The predicted octanol–water partition coefficient (Wildman–Crippen LogP) is 1.58. The topological polar surface area (TPSA) is 96.7 Å². The van der Waals surface area contributed by atoms with Gasteiger partial charge in [-0.05, 0) is 19.4 Å². The second-order valence-corrected chi connectivity index (χ2v) is 4.31. The van der Waals surface area contributed by atoms with Crippen LogP contribution in [0.25, 0.3) is 0 Å². The quantitative estimate of drug-likeness (QED) is 0.776. The van der Waals surface area contributed by atoms with Crippen molar-refractivity contribution < 1.29 is 4.79 Å². The number of amides is 1. The summed E-state index contributed by atoms with van der Waals surface area (Å²) in [6.45, 7) is 3.76. The fourth-order valence-electron chi connectivity index (χ4n) is 1.85. The molecular formula is C13H17N5O. The van der Waals surface area contributed by atoms with Gasteiger partial charge in [0.05, 0.1) is 29.2 Å². The van der Waals surface area contributed by atoms with Crippen LogP contribution in [0.1, 0.15) is 41.3 Å². The van der Waals surface area contributed by atoms with E-state index in [1.165, 1.54) is 6.20 Å². The van der Waals surface area contributed by atoms with Crippen LogP contribution >= 0.6 is 0 Å². The molecule has 0 bridgehead atoms. The van der Waals surface area contributed by atoms with Gasteiger partial charge in [-0.25, -0.2) is 4.98 Å². The van der Waals surface area contributed by atoms with Gasteiger partial charge in [-0.3, -0.25) is 9.78 Å². The lowest BCUT2D eigenvalue weighted by Crippen LogP contribution is -2.29. The van der Waals surface area contributed by atoms with Crippen LogP contribution in [0, 0.1) is 6.92 Å². The maximum Gasteiger partial charge on any atom is 0.253 e. The summed E-state index contributed by atoms with van der Waals surface area (Å²) >= 11 is 0. The minimum absolute atomic E-state index is 0.150. The fraction of sp³-hybridized carbons (Fsp3) is 0.308. The molecule has 0 aliphatic heterocycles. The molecule has 19 heavy (non-hydrogen) atoms. The molecule has 0 saturated carbocycles. The van der Waals surface area contributed by atoms with Crippen molar-refractivity contribution in [2.45, 2.75) is 26.3 Å². The van der Waals surface area contributed by atoms with Crippen LogP contribution < -0.4 is 11.1 Å². The van der Waals surface area contributed by atoms with E-state index in [4.69, 9.17) is 5.73 Å². The van der Waals surface area contributed by atoms with Gasteiger partial charge in [0.1, 0.15) is 5.82 Å². The Morgan fingerprint density at radius 3 is 2.95 bits per heavy atom. The second kappa shape index (κ2) is 5.51. The average molecular weight is 259 g/mol. The number of hydrogen-bond acceptors (Lipinski definition) is 4. The van der Waals surface area contributed by atoms with Crippen molar-refractivity contribution >= 4 is 11.6 Å². The third kappa shape index (κ3) is 2.90. The van der Waals surface area contributed by atoms with Gasteiger partial charge in [0, 0.05) is 12.4 Å². The summed E-state index contributed by atoms with van der Waals surface area (Å²) in [4.78, 5) is 23.5. The number of pyridine rings is 1. The van der Waals surface area contributed by atoms with E-state index < -0.39 is 0 Å². The zero-order valence-corrected chi connectivity index (χ0v) is 11.0. The molecule has 0 aliphatic carbocycles. The van der Waals surface area contributed by atoms with Crippen molar-refractivity contribution in [2.75, 3.05) is 5.73 Å². The second-order valence-electron chi connectivity index (χ2n) is 4.31. The smallest absolute Gasteiger partial charge is 0.253 e. The first-order chi connectivity index (χ1) is 9.11. The van der Waals surface area contributed by atoms with Gasteiger partial charge in [0.15, 0.2) is 0 Å². The van der Waals surface area contributed by atoms with E-state index in [-0.39, 0.29) is 11.9 Å². The molecule has 2 rings (SSSR count). The lowest BCUT2D eigenvalue weighted by atomic mass is 10.1. The van der Waals surface area contributed by atoms with E-state index in [9.17, 15) is 4.79 Å². The van der Waals surface area contributed by atoms with E-state index in [1.807, 2.05) is 6.92 Å². The van der Waals surface area contributed by atoms with Crippen LogP contribution in [0.2, 0.25) is 0 Å². The molecule has 6 nitrogen and oxygen atoms in total. The van der Waals surface area contributed by atoms with Crippen LogP contribution in [-0.2, 0) is 0 Å². The Bertz CT molecular complexity index is 564. The molecule has 6 heteroatoms. The van der Waals surface area contributed by atoms with Crippen molar-refractivity contribution in [1.82, 2.24) is 20.3 Å². The number of aromatic amines is 1. The molecule has 4 N–H and O–H groups in total. The number of H-pyrrole nitrogens is 1. The van der Waals surface area contributed by atoms with E-state index in [2.05, 4.69) is 20.3 Å². The van der Waals surface area contributed by atoms with E-state index in [1.54, 1.807) is 25.4 Å². The van der Waals surface area contributed by atoms with Crippen LogP contribution in [0.15, 0.2) is 24.7 Å². The molecule has 0 radical (unpaired) electrons. The first kappa shape index (κ1) is 13.1. The number of imidazole rings is 1. The Kier molecular flexibility index (Phi) is 3.79. The van der Waals surface area contributed by atoms with Crippen LogP contribution in [0.4, 0.5) is 5.69 Å². The number of carbonyl (C=O) groups excluding carboxylic acids is 1. The molecule has 0 spiro atoms. The number of anilines is 1. The maximum atomic E-state index is 12.2. The van der Waals surface area contributed by atoms with Crippen molar-refractivity contribution in [2.24, 2.45) is 0 Å². The van der Waals surface area contributed by atoms with Gasteiger partial charge < -0.3 is 16.0 Å². The monoisotopic (exact) mass is 259 g/mol. The zero-order chi connectivity index (χ0) is 13.8. The molecule has 0 aliphatic rings. The Morgan fingerprint density at radius 2 is 2.32 bits per heavy atom. The largest absolute Gasteiger partial charge is 0.397 e. The van der Waals surface area contributed by atoms with Gasteiger partial charge in [-0.15, -0.1) is 0 Å². The molecule has 1 amide bonds. The normalized spacial score (nSPS) is 12.1. The van der Waals surface area contributed by atoms with Crippen molar-refractivity contribution in [3.63, 3.8) is 0 Å². The molecule has 100 valence electrons. The number of nitrogens with zero attached hydrogens (tertiary/aromatic N) is 2. The number of nitrogen functional groups attached to an aromatic ring is 1. The van der Waals surface area contributed by atoms with Gasteiger partial charge in [-0.2, -0.15) is 0 Å². The van der Waals surface area contributed by atoms with Gasteiger partial charge in [-0.1, -0.05) is 6.92 Å². The predicted molar refractivity (Wildman–Crippen MR) is 72.5 cm³/mol. The standard InChI is InChI=1S/C13H17N5O/c1-3-11(12-15-4-5-16-12)18-13(19)10-6-9(14)7-17-8(10)2/h4-7,11H,3,14H2,1-2H3,(H,15,16)(H,18,19). The highest BCUT2D eigenvalue weighted by atomic mass is 16.1. The summed E-state index contributed by atoms with van der Waals surface area (Å²) in [6, 6.07) is 1.48. The zero-order valence-electron chi connectivity index (χ0n) is 11.0. The summed E-state index contributed by atoms with van der Waals surface area (Å²) < 4.78 is 0. The van der Waals surface area contributed by atoms with E-state index in [0.29, 0.717) is 16.9 Å². The molecule has 1 unspecified atom stereocenters. The summed E-state index contributed by atoms with van der Waals surface area (Å²) in [5.74, 6) is 0.547. The minimum atomic E-state index is -0.194. The third-order valence-corrected chi connectivity index (χ3v) is 2.92. The number of nitrogens with one attached hydrogen (secondary N) is 2. The molecule has 2 aromatic heterocycles. The molecule has 0 saturated heterocycles. The average Bonchev–Trinajstić information content (AvgIpc) is 2.92.